The predicted molar refractivity (Wildman–Crippen MR) is 128 cm³/mol. The molecule has 182 valence electrons. The molecule has 0 bridgehead atoms. The van der Waals surface area contributed by atoms with E-state index in [9.17, 15) is 19.7 Å². The van der Waals surface area contributed by atoms with Crippen LogP contribution < -0.4 is 19.6 Å². The van der Waals surface area contributed by atoms with Crippen LogP contribution in [0.5, 0.6) is 5.75 Å². The molecule has 0 fully saturated rings. The van der Waals surface area contributed by atoms with Crippen molar-refractivity contribution in [3.05, 3.63) is 88.8 Å². The van der Waals surface area contributed by atoms with Crippen molar-refractivity contribution in [2.75, 3.05) is 6.61 Å². The summed E-state index contributed by atoms with van der Waals surface area (Å²) in [6.07, 6.45) is 1.07. The van der Waals surface area contributed by atoms with Crippen molar-refractivity contribution in [3.8, 4) is 5.75 Å². The minimum atomic E-state index is -0.777. The minimum absolute atomic E-state index is 0.162. The van der Waals surface area contributed by atoms with Gasteiger partial charge in [0, 0.05) is 6.08 Å². The van der Waals surface area contributed by atoms with E-state index < -0.39 is 28.4 Å². The number of aromatic nitrogens is 1. The highest BCUT2D eigenvalue weighted by molar-refractivity contribution is 7.07. The second kappa shape index (κ2) is 9.71. The van der Waals surface area contributed by atoms with Crippen LogP contribution in [0.4, 0.5) is 5.88 Å². The second-order valence-electron chi connectivity index (χ2n) is 7.97. The summed E-state index contributed by atoms with van der Waals surface area (Å²) in [7, 11) is 0. The second-order valence-corrected chi connectivity index (χ2v) is 8.98. The van der Waals surface area contributed by atoms with Gasteiger partial charge in [0.15, 0.2) is 4.80 Å². The molecular weight excluding hydrogens is 474 g/mol. The van der Waals surface area contributed by atoms with Crippen LogP contribution in [0.2, 0.25) is 0 Å². The van der Waals surface area contributed by atoms with Gasteiger partial charge >= 0.3 is 11.9 Å². The Morgan fingerprint density at radius 3 is 2.60 bits per heavy atom. The van der Waals surface area contributed by atoms with Gasteiger partial charge in [0.1, 0.15) is 16.4 Å². The summed E-state index contributed by atoms with van der Waals surface area (Å²) in [5.41, 5.74) is 0.972. The largest absolute Gasteiger partial charge is 0.494 e. The van der Waals surface area contributed by atoms with Crippen molar-refractivity contribution in [2.45, 2.75) is 39.8 Å². The van der Waals surface area contributed by atoms with E-state index in [-0.39, 0.29) is 22.0 Å². The van der Waals surface area contributed by atoms with Crippen LogP contribution >= 0.6 is 11.3 Å². The Kier molecular flexibility index (Phi) is 6.70. The number of allylic oxidation sites excluding steroid dienone is 1. The molecule has 0 amide bonds. The topological polar surface area (TPSA) is 126 Å². The number of carbonyl (C=O) groups excluding carboxylic acids is 1. The molecular formula is C24H23N3O7S. The molecule has 35 heavy (non-hydrogen) atoms. The highest BCUT2D eigenvalue weighted by atomic mass is 32.1. The van der Waals surface area contributed by atoms with E-state index >= 15 is 0 Å². The van der Waals surface area contributed by atoms with Gasteiger partial charge in [-0.05, 0) is 51.5 Å². The molecule has 0 unspecified atom stereocenters. The van der Waals surface area contributed by atoms with Crippen LogP contribution in [0, 0.1) is 10.1 Å². The number of hydrogen-bond acceptors (Lipinski definition) is 9. The van der Waals surface area contributed by atoms with Crippen LogP contribution in [0.25, 0.3) is 6.08 Å². The first-order valence-electron chi connectivity index (χ1n) is 10.9. The molecule has 0 saturated heterocycles. The molecule has 3 aromatic rings. The zero-order chi connectivity index (χ0) is 25.3. The van der Waals surface area contributed by atoms with E-state index in [1.807, 2.05) is 6.92 Å². The van der Waals surface area contributed by atoms with Crippen molar-refractivity contribution < 1.29 is 23.6 Å². The Morgan fingerprint density at radius 1 is 1.29 bits per heavy atom. The number of esters is 1. The first-order chi connectivity index (χ1) is 16.7. The van der Waals surface area contributed by atoms with Gasteiger partial charge in [0.25, 0.3) is 5.56 Å². The maximum atomic E-state index is 13.5. The number of benzene rings is 1. The fourth-order valence-corrected chi connectivity index (χ4v) is 4.76. The smallest absolute Gasteiger partial charge is 0.433 e. The van der Waals surface area contributed by atoms with Gasteiger partial charge < -0.3 is 13.9 Å². The maximum Gasteiger partial charge on any atom is 0.433 e. The van der Waals surface area contributed by atoms with Crippen molar-refractivity contribution in [1.82, 2.24) is 4.57 Å². The molecule has 0 spiro atoms. The van der Waals surface area contributed by atoms with E-state index in [4.69, 9.17) is 13.9 Å². The number of ether oxygens (including phenoxy) is 2. The lowest BCUT2D eigenvalue weighted by Gasteiger charge is -2.25. The highest BCUT2D eigenvalue weighted by Gasteiger charge is 2.33. The lowest BCUT2D eigenvalue weighted by molar-refractivity contribution is -0.402. The number of nitro groups is 1. The molecule has 1 aliphatic rings. The van der Waals surface area contributed by atoms with Crippen molar-refractivity contribution in [1.29, 1.82) is 0 Å². The fourth-order valence-electron chi connectivity index (χ4n) is 3.74. The third kappa shape index (κ3) is 4.80. The van der Waals surface area contributed by atoms with Crippen molar-refractivity contribution in [2.24, 2.45) is 4.99 Å². The van der Waals surface area contributed by atoms with Gasteiger partial charge in [-0.1, -0.05) is 23.5 Å². The Balaban J connectivity index is 1.89. The molecule has 3 heterocycles. The summed E-state index contributed by atoms with van der Waals surface area (Å²) in [5.74, 6) is -0.160. The number of hydrogen-bond donors (Lipinski definition) is 0. The zero-order valence-electron chi connectivity index (χ0n) is 19.5. The first kappa shape index (κ1) is 24.1. The number of carbonyl (C=O) groups is 1. The van der Waals surface area contributed by atoms with Crippen LogP contribution in [0.15, 0.2) is 61.9 Å². The molecule has 0 N–H and O–H groups in total. The molecule has 11 heteroatoms. The average Bonchev–Trinajstić information content (AvgIpc) is 3.38. The summed E-state index contributed by atoms with van der Waals surface area (Å²) < 4.78 is 17.9. The van der Waals surface area contributed by atoms with Crippen LogP contribution in [0.1, 0.15) is 45.1 Å². The molecule has 4 rings (SSSR count). The van der Waals surface area contributed by atoms with Crippen LogP contribution in [-0.2, 0) is 9.53 Å². The monoisotopic (exact) mass is 497 g/mol. The molecule has 2 aromatic heterocycles. The molecule has 0 radical (unpaired) electrons. The highest BCUT2D eigenvalue weighted by Crippen LogP contribution is 2.32. The summed E-state index contributed by atoms with van der Waals surface area (Å²) in [4.78, 5) is 41.8. The molecule has 0 aliphatic carbocycles. The third-order valence-corrected chi connectivity index (χ3v) is 6.14. The first-order valence-corrected chi connectivity index (χ1v) is 11.7. The maximum absolute atomic E-state index is 13.5. The predicted octanol–water partition coefficient (Wildman–Crippen LogP) is 3.09. The summed E-state index contributed by atoms with van der Waals surface area (Å²) in [6.45, 7) is 7.58. The van der Waals surface area contributed by atoms with E-state index in [0.29, 0.717) is 28.4 Å². The van der Waals surface area contributed by atoms with Crippen LogP contribution in [-0.4, -0.2) is 28.2 Å². The Hall–Kier alpha value is -3.99. The van der Waals surface area contributed by atoms with Gasteiger partial charge in [-0.15, -0.1) is 0 Å². The van der Waals surface area contributed by atoms with Gasteiger partial charge in [-0.2, -0.15) is 0 Å². The quantitative estimate of drug-likeness (QED) is 0.279. The number of fused-ring (bicyclic) bond motifs is 1. The number of rotatable bonds is 7. The minimum Gasteiger partial charge on any atom is -0.494 e. The Morgan fingerprint density at radius 2 is 2.00 bits per heavy atom. The Labute approximate surface area is 203 Å². The molecule has 10 nitrogen and oxygen atoms in total. The molecule has 1 atom stereocenters. The normalized spacial score (nSPS) is 15.7. The van der Waals surface area contributed by atoms with Crippen molar-refractivity contribution in [3.63, 3.8) is 0 Å². The lowest BCUT2D eigenvalue weighted by Crippen LogP contribution is -2.40. The van der Waals surface area contributed by atoms with Crippen molar-refractivity contribution >= 4 is 29.3 Å². The van der Waals surface area contributed by atoms with Gasteiger partial charge in [0.2, 0.25) is 0 Å². The summed E-state index contributed by atoms with van der Waals surface area (Å²) in [5, 5.41) is 10.9. The average molecular weight is 498 g/mol. The van der Waals surface area contributed by atoms with E-state index in [2.05, 4.69) is 4.99 Å². The molecule has 1 aliphatic heterocycles. The number of thiazole rings is 1. The fraction of sp³-hybridized carbons (Fsp3) is 0.292. The zero-order valence-corrected chi connectivity index (χ0v) is 20.3. The van der Waals surface area contributed by atoms with Gasteiger partial charge in [-0.25, -0.2) is 9.79 Å². The van der Waals surface area contributed by atoms with Gasteiger partial charge in [0.05, 0.1) is 40.6 Å². The summed E-state index contributed by atoms with van der Waals surface area (Å²) >= 11 is 1.10. The standard InChI is InChI=1S/C24H23N3O7S/c1-5-32-16-8-6-15(7-9-16)21-20(23(29)33-13(2)3)14(4)25-24-26(21)22(28)18(35-24)12-17-10-11-19(34-17)27(30)31/h6-13,21H,5H2,1-4H3/b18-12+/t21-/m1/s1. The third-order valence-electron chi connectivity index (χ3n) is 5.16. The molecule has 0 saturated carbocycles. The van der Waals surface area contributed by atoms with Crippen LogP contribution in [0.3, 0.4) is 0 Å². The SMILES string of the molecule is CCOc1ccc([C@@H]2C(C(=O)OC(C)C)=C(C)N=c3s/c(=C/c4ccc([N+](=O)[O-])o4)c(=O)n32)cc1. The lowest BCUT2D eigenvalue weighted by atomic mass is 9.96. The van der Waals surface area contributed by atoms with Gasteiger partial charge in [-0.3, -0.25) is 19.5 Å². The van der Waals surface area contributed by atoms with E-state index in [1.165, 1.54) is 22.8 Å². The summed E-state index contributed by atoms with van der Waals surface area (Å²) in [6, 6.07) is 9.00. The molecule has 1 aromatic carbocycles. The van der Waals surface area contributed by atoms with E-state index in [0.717, 1.165) is 11.3 Å². The Bertz CT molecular complexity index is 1490. The number of nitrogens with zero attached hydrogens (tertiary/aromatic N) is 3. The number of furan rings is 1. The van der Waals surface area contributed by atoms with E-state index in [1.54, 1.807) is 45.0 Å².